The second-order valence-corrected chi connectivity index (χ2v) is 53.7. The maximum Gasteiger partial charge on any atom is 0.322 e. The highest BCUT2D eigenvalue weighted by molar-refractivity contribution is 9.09. The Morgan fingerprint density at radius 3 is 0.950 bits per heavy atom. The Hall–Kier alpha value is 1.37. The number of unbranched alkanes of at least 4 members (excludes halogenated alkanes) is 2. The molecule has 6 heterocycles. The molecule has 8 unspecified atom stereocenters. The molecule has 6 aliphatic heterocycles. The number of halogens is 1. The molecule has 350 valence electrons. The van der Waals surface area contributed by atoms with Crippen LogP contribution in [0.1, 0.15) is 129 Å². The van der Waals surface area contributed by atoms with Crippen LogP contribution in [0.15, 0.2) is 0 Å². The molecule has 0 amide bonds. The summed E-state index contributed by atoms with van der Waals surface area (Å²) in [6.07, 6.45) is 4.08. The van der Waals surface area contributed by atoms with E-state index in [0.717, 1.165) is 83.9 Å². The third-order valence-corrected chi connectivity index (χ3v) is 64.9. The Morgan fingerprint density at radius 1 is 0.417 bits per heavy atom. The van der Waals surface area contributed by atoms with E-state index in [2.05, 4.69) is 113 Å². The highest BCUT2D eigenvalue weighted by atomic mass is 79.9. The zero-order valence-corrected chi connectivity index (χ0v) is 50.0. The maximum atomic E-state index is 13.0. The summed E-state index contributed by atoms with van der Waals surface area (Å²) < 4.78 is 72.9. The van der Waals surface area contributed by atoms with Gasteiger partial charge < -0.3 is 37.7 Å². The Morgan fingerprint density at radius 2 is 0.683 bits per heavy atom. The summed E-state index contributed by atoms with van der Waals surface area (Å²) >= 11 is 3.52. The Bertz CT molecular complexity index is 1270. The second-order valence-electron chi connectivity index (χ2n) is 22.8. The Kier molecular flexibility index (Phi) is 18.1. The molecule has 0 radical (unpaired) electrons. The molecule has 10 nitrogen and oxygen atoms in total. The predicted molar refractivity (Wildman–Crippen MR) is 264 cm³/mol. The molecule has 19 heteroatoms. The summed E-state index contributed by atoms with van der Waals surface area (Å²) in [5.74, 6) is 2.39. The summed E-state index contributed by atoms with van der Waals surface area (Å²) in [6, 6.07) is 6.81. The van der Waals surface area contributed by atoms with Crippen LogP contribution in [0.3, 0.4) is 0 Å². The van der Waals surface area contributed by atoms with Gasteiger partial charge in [-0.15, -0.1) is 0 Å². The molecule has 8 atom stereocenters. The molecule has 0 N–H and O–H groups in total. The topological polar surface area (TPSA) is 100 Å². The molecule has 0 aromatic rings. The number of hydrogen-bond donors (Lipinski definition) is 0. The molecule has 0 aliphatic carbocycles. The average molecular weight is 1040 g/mol. The van der Waals surface area contributed by atoms with Gasteiger partial charge in [-0.1, -0.05) is 119 Å². The zero-order valence-electron chi connectivity index (χ0n) is 40.4. The standard InChI is InChI=1S/C41H87BrO10Si8/c1-34(2)23-54-30-53(22-18-21-44-41(43)19-16-15-17-20-42)45-55(24-35(3)4)31-57(47-54,26-37(7)8)51-60(29-40(13)14)33-59(48-54,28-39(11)12)50-56(46-53,25-36(5)6)32-58(49-55,52-60)27-38(9)10/h34-40H,15-33H2,1-14H3. The normalized spacial score (nSPS) is 37.8. The fraction of sp³-hybridized carbons (Fsp3) is 0.976. The first-order valence-corrected chi connectivity index (χ1v) is 43.1. The lowest BCUT2D eigenvalue weighted by molar-refractivity contribution is -0.143. The first kappa shape index (κ1) is 52.3. The van der Waals surface area contributed by atoms with Crippen molar-refractivity contribution < 1.29 is 42.5 Å². The lowest BCUT2D eigenvalue weighted by Gasteiger charge is -2.66. The van der Waals surface area contributed by atoms with Crippen molar-refractivity contribution in [1.82, 2.24) is 0 Å². The SMILES string of the molecule is CC(C)C[Si]12C[Si]3(CC(C)C)O[Si]4(CC(C)C)C[Si]5(CC(C)C)O[Si](CC(C)C)(C[Si](CCCOC(=O)CCCCCBr)(O1)O4)O[Si](CC(C)C)(C[Si](CC(C)C)(O3)O5)O2. The van der Waals surface area contributed by atoms with E-state index in [1.807, 2.05) is 0 Å². The van der Waals surface area contributed by atoms with Crippen LogP contribution in [0.5, 0.6) is 0 Å². The van der Waals surface area contributed by atoms with E-state index in [1.54, 1.807) is 0 Å². The summed E-state index contributed by atoms with van der Waals surface area (Å²) in [4.78, 5) is 13.0. The van der Waals surface area contributed by atoms with Crippen LogP contribution in [-0.2, 0) is 42.5 Å². The molecule has 6 rings (SSSR count). The molecular weight excluding hydrogens is 957 g/mol. The summed E-state index contributed by atoms with van der Waals surface area (Å²) in [5.41, 5.74) is 3.02. The van der Waals surface area contributed by atoms with Gasteiger partial charge in [-0.05, 0) is 109 Å². The van der Waals surface area contributed by atoms with Crippen LogP contribution < -0.4 is 0 Å². The monoisotopic (exact) mass is 1040 g/mol. The minimum absolute atomic E-state index is 0.109. The van der Waals surface area contributed by atoms with E-state index in [1.165, 1.54) is 0 Å². The van der Waals surface area contributed by atoms with Crippen LogP contribution in [0.2, 0.25) is 71.0 Å². The third kappa shape index (κ3) is 13.5. The van der Waals surface area contributed by atoms with Crippen LogP contribution in [0.4, 0.5) is 0 Å². The molecule has 0 saturated carbocycles. The lowest BCUT2D eigenvalue weighted by Crippen LogP contribution is -2.85. The predicted octanol–water partition coefficient (Wildman–Crippen LogP) is 12.4. The number of esters is 1. The van der Waals surface area contributed by atoms with Gasteiger partial charge in [0.25, 0.3) is 0 Å². The van der Waals surface area contributed by atoms with Gasteiger partial charge in [0.15, 0.2) is 0 Å². The second kappa shape index (κ2) is 20.7. The first-order valence-electron chi connectivity index (χ1n) is 24.2. The summed E-state index contributed by atoms with van der Waals surface area (Å²) in [7, 11) is -25.5. The van der Waals surface area contributed by atoms with E-state index in [4.69, 9.17) is 37.7 Å². The van der Waals surface area contributed by atoms with Crippen molar-refractivity contribution in [1.29, 1.82) is 0 Å². The van der Waals surface area contributed by atoms with Crippen molar-refractivity contribution in [2.24, 2.45) is 41.4 Å². The van der Waals surface area contributed by atoms with Gasteiger partial charge in [0, 0.05) is 34.4 Å². The molecule has 0 aromatic heterocycles. The molecule has 8 bridgehead atoms. The number of ether oxygens (including phenoxy) is 1. The summed E-state index contributed by atoms with van der Waals surface area (Å²) in [5, 5.41) is 0.961. The van der Waals surface area contributed by atoms with Crippen molar-refractivity contribution in [3.8, 4) is 0 Å². The molecule has 6 fully saturated rings. The van der Waals surface area contributed by atoms with Gasteiger partial charge in [0.1, 0.15) is 0 Å². The van der Waals surface area contributed by atoms with Crippen LogP contribution in [-0.4, -0.2) is 86.4 Å². The molecule has 0 spiro atoms. The van der Waals surface area contributed by atoms with Gasteiger partial charge in [0.2, 0.25) is 0 Å². The fourth-order valence-corrected chi connectivity index (χ4v) is 86.1. The number of alkyl halides is 1. The minimum Gasteiger partial charge on any atom is -0.466 e. The van der Waals surface area contributed by atoms with Crippen molar-refractivity contribution in [2.45, 2.75) is 200 Å². The Balaban J connectivity index is 1.81. The first-order chi connectivity index (χ1) is 27.9. The van der Waals surface area contributed by atoms with E-state index < -0.39 is 68.5 Å². The zero-order chi connectivity index (χ0) is 44.4. The minimum atomic E-state index is -3.29. The van der Waals surface area contributed by atoms with Crippen molar-refractivity contribution in [3.63, 3.8) is 0 Å². The van der Waals surface area contributed by atoms with Gasteiger partial charge in [-0.2, -0.15) is 0 Å². The molecule has 0 aromatic carbocycles. The van der Waals surface area contributed by atoms with Crippen LogP contribution in [0, 0.1) is 41.4 Å². The van der Waals surface area contributed by atoms with E-state index in [-0.39, 0.29) is 5.97 Å². The fourth-order valence-electron chi connectivity index (χ4n) is 11.9. The van der Waals surface area contributed by atoms with Gasteiger partial charge in [-0.25, -0.2) is 0 Å². The van der Waals surface area contributed by atoms with E-state index in [0.29, 0.717) is 72.6 Å². The lowest BCUT2D eigenvalue weighted by atomic mass is 10.2. The maximum absolute atomic E-state index is 13.0. The molecule has 6 saturated heterocycles. The highest BCUT2D eigenvalue weighted by Crippen LogP contribution is 2.59. The molecule has 60 heavy (non-hydrogen) atoms. The van der Waals surface area contributed by atoms with Gasteiger partial charge in [0.05, 0.1) is 6.61 Å². The van der Waals surface area contributed by atoms with Crippen molar-refractivity contribution in [2.75, 3.05) is 11.9 Å². The van der Waals surface area contributed by atoms with Crippen molar-refractivity contribution >= 4 is 90.4 Å². The number of carbonyl (C=O) groups excluding carboxylic acids is 1. The third-order valence-electron chi connectivity index (χ3n) is 12.1. The Labute approximate surface area is 383 Å². The van der Waals surface area contributed by atoms with Gasteiger partial charge in [-0.3, -0.25) is 4.79 Å². The van der Waals surface area contributed by atoms with Gasteiger partial charge >= 0.3 is 74.5 Å². The highest BCUT2D eigenvalue weighted by Gasteiger charge is 2.78. The van der Waals surface area contributed by atoms with Crippen molar-refractivity contribution in [3.05, 3.63) is 0 Å². The van der Waals surface area contributed by atoms with E-state index >= 15 is 0 Å². The molecular formula is C41H87BrO10Si8. The van der Waals surface area contributed by atoms with Crippen LogP contribution >= 0.6 is 15.9 Å². The summed E-state index contributed by atoms with van der Waals surface area (Å²) in [6.45, 7) is 33.1. The molecule has 6 aliphatic rings. The number of carbonyl (C=O) groups is 1. The van der Waals surface area contributed by atoms with E-state index in [9.17, 15) is 4.79 Å². The largest absolute Gasteiger partial charge is 0.466 e. The van der Waals surface area contributed by atoms with Crippen LogP contribution in [0.25, 0.3) is 0 Å². The number of hydrogen-bond acceptors (Lipinski definition) is 10. The quantitative estimate of drug-likeness (QED) is 0.0426. The average Bonchev–Trinajstić information content (AvgIpc) is 2.99. The number of rotatable bonds is 23. The smallest absolute Gasteiger partial charge is 0.322 e.